The second-order valence-corrected chi connectivity index (χ2v) is 8.07. The Bertz CT molecular complexity index is 1100. The zero-order chi connectivity index (χ0) is 23.2. The molecular formula is C26H28N2O5. The van der Waals surface area contributed by atoms with Gasteiger partial charge in [-0.2, -0.15) is 0 Å². The van der Waals surface area contributed by atoms with Crippen molar-refractivity contribution in [3.8, 4) is 5.75 Å². The van der Waals surface area contributed by atoms with Crippen molar-refractivity contribution in [2.45, 2.75) is 20.1 Å². The van der Waals surface area contributed by atoms with Crippen molar-refractivity contribution in [1.82, 2.24) is 9.80 Å². The van der Waals surface area contributed by atoms with Crippen LogP contribution in [0.2, 0.25) is 0 Å². The molecule has 172 valence electrons. The number of esters is 1. The first-order chi connectivity index (χ1) is 16.0. The van der Waals surface area contributed by atoms with E-state index in [0.29, 0.717) is 35.9 Å². The van der Waals surface area contributed by atoms with Gasteiger partial charge < -0.3 is 18.8 Å². The van der Waals surface area contributed by atoms with Gasteiger partial charge in [0.1, 0.15) is 18.1 Å². The number of ether oxygens (including phenoxy) is 2. The monoisotopic (exact) mass is 448 g/mol. The molecule has 33 heavy (non-hydrogen) atoms. The number of carbonyl (C=O) groups is 2. The summed E-state index contributed by atoms with van der Waals surface area (Å²) in [6.45, 7) is 6.22. The van der Waals surface area contributed by atoms with E-state index in [4.69, 9.17) is 9.15 Å². The van der Waals surface area contributed by atoms with Crippen molar-refractivity contribution in [3.63, 3.8) is 0 Å². The van der Waals surface area contributed by atoms with Crippen LogP contribution in [0, 0.1) is 6.92 Å². The molecule has 0 N–H and O–H groups in total. The number of amides is 1. The lowest BCUT2D eigenvalue weighted by molar-refractivity contribution is 0.0590. The highest BCUT2D eigenvalue weighted by Gasteiger charge is 2.24. The van der Waals surface area contributed by atoms with Gasteiger partial charge in [-0.1, -0.05) is 24.3 Å². The number of piperazine rings is 1. The summed E-state index contributed by atoms with van der Waals surface area (Å²) in [5.74, 6) is 0.984. The molecule has 3 aromatic rings. The van der Waals surface area contributed by atoms with Crippen LogP contribution < -0.4 is 4.74 Å². The van der Waals surface area contributed by atoms with Crippen molar-refractivity contribution in [1.29, 1.82) is 0 Å². The predicted octanol–water partition coefficient (Wildman–Crippen LogP) is 3.91. The molecule has 1 fully saturated rings. The van der Waals surface area contributed by atoms with Gasteiger partial charge in [-0.25, -0.2) is 4.79 Å². The third kappa shape index (κ3) is 5.62. The largest absolute Gasteiger partial charge is 0.486 e. The lowest BCUT2D eigenvalue weighted by atomic mass is 10.1. The normalized spacial score (nSPS) is 14.2. The average molecular weight is 449 g/mol. The van der Waals surface area contributed by atoms with E-state index in [1.165, 1.54) is 18.2 Å². The Morgan fingerprint density at radius 2 is 1.67 bits per heavy atom. The topological polar surface area (TPSA) is 72.2 Å². The molecule has 0 atom stereocenters. The number of hydrogen-bond donors (Lipinski definition) is 0. The van der Waals surface area contributed by atoms with Crippen molar-refractivity contribution in [2.75, 3.05) is 33.3 Å². The average Bonchev–Trinajstić information content (AvgIpc) is 3.33. The summed E-state index contributed by atoms with van der Waals surface area (Å²) in [7, 11) is 1.34. The molecule has 1 aliphatic rings. The van der Waals surface area contributed by atoms with Gasteiger partial charge in [-0.3, -0.25) is 9.69 Å². The second kappa shape index (κ2) is 10.4. The van der Waals surface area contributed by atoms with Crippen molar-refractivity contribution >= 4 is 11.9 Å². The molecule has 7 nitrogen and oxygen atoms in total. The maximum atomic E-state index is 12.9. The minimum absolute atomic E-state index is 0.0979. The molecular weight excluding hydrogens is 420 g/mol. The van der Waals surface area contributed by atoms with Gasteiger partial charge in [-0.05, 0) is 54.4 Å². The maximum Gasteiger partial charge on any atom is 0.337 e. The van der Waals surface area contributed by atoms with E-state index in [2.05, 4.69) is 40.8 Å². The molecule has 7 heteroatoms. The molecule has 1 aromatic heterocycles. The van der Waals surface area contributed by atoms with Crippen LogP contribution in [0.1, 0.15) is 37.8 Å². The summed E-state index contributed by atoms with van der Waals surface area (Å²) in [6, 6.07) is 18.5. The Balaban J connectivity index is 1.27. The smallest absolute Gasteiger partial charge is 0.337 e. The van der Waals surface area contributed by atoms with Crippen LogP contribution in [0.15, 0.2) is 65.1 Å². The van der Waals surface area contributed by atoms with Crippen LogP contribution in [0.5, 0.6) is 5.75 Å². The third-order valence-electron chi connectivity index (χ3n) is 5.84. The number of furan rings is 1. The fraction of sp³-hybridized carbons (Fsp3) is 0.308. The van der Waals surface area contributed by atoms with Crippen molar-refractivity contribution in [2.24, 2.45) is 0 Å². The van der Waals surface area contributed by atoms with E-state index in [1.54, 1.807) is 36.4 Å². The Hall–Kier alpha value is -3.58. The second-order valence-electron chi connectivity index (χ2n) is 8.07. The molecule has 0 radical (unpaired) electrons. The zero-order valence-corrected chi connectivity index (χ0v) is 19.0. The van der Waals surface area contributed by atoms with E-state index >= 15 is 0 Å². The summed E-state index contributed by atoms with van der Waals surface area (Å²) in [4.78, 5) is 28.6. The Morgan fingerprint density at radius 3 is 2.36 bits per heavy atom. The van der Waals surface area contributed by atoms with Gasteiger partial charge in [0.05, 0.1) is 12.7 Å². The quantitative estimate of drug-likeness (QED) is 0.511. The van der Waals surface area contributed by atoms with E-state index in [1.807, 2.05) is 4.90 Å². The number of benzene rings is 2. The molecule has 4 rings (SSSR count). The summed E-state index contributed by atoms with van der Waals surface area (Å²) >= 11 is 0. The Kier molecular flexibility index (Phi) is 7.10. The molecule has 1 amide bonds. The molecule has 1 aliphatic heterocycles. The van der Waals surface area contributed by atoms with E-state index in [-0.39, 0.29) is 12.5 Å². The molecule has 0 aliphatic carbocycles. The molecule has 2 aromatic carbocycles. The molecule has 0 unspecified atom stereocenters. The highest BCUT2D eigenvalue weighted by atomic mass is 16.5. The number of nitrogens with zero attached hydrogens (tertiary/aromatic N) is 2. The standard InChI is InChI=1S/C26H28N2O5/c1-19-5-3-4-6-21(19)17-27-13-15-28(16-14-27)25(29)24-12-11-23(33-24)18-32-22-9-7-20(8-10-22)26(30)31-2/h3-12H,13-18H2,1-2H3. The maximum absolute atomic E-state index is 12.9. The van der Waals surface area contributed by atoms with E-state index < -0.39 is 5.97 Å². The number of carbonyl (C=O) groups excluding carboxylic acids is 2. The third-order valence-corrected chi connectivity index (χ3v) is 5.84. The van der Waals surface area contributed by atoms with Crippen molar-refractivity contribution < 1.29 is 23.5 Å². The first-order valence-corrected chi connectivity index (χ1v) is 11.0. The summed E-state index contributed by atoms with van der Waals surface area (Å²) in [5.41, 5.74) is 3.07. The molecule has 0 bridgehead atoms. The number of aryl methyl sites for hydroxylation is 1. The summed E-state index contributed by atoms with van der Waals surface area (Å²) in [5, 5.41) is 0. The van der Waals surface area contributed by atoms with Crippen molar-refractivity contribution in [3.05, 3.63) is 88.9 Å². The van der Waals surface area contributed by atoms with Crippen LogP contribution >= 0.6 is 0 Å². The number of methoxy groups -OCH3 is 1. The van der Waals surface area contributed by atoms with Crippen LogP contribution in [0.4, 0.5) is 0 Å². The fourth-order valence-corrected chi connectivity index (χ4v) is 3.82. The molecule has 2 heterocycles. The lowest BCUT2D eigenvalue weighted by Gasteiger charge is -2.34. The predicted molar refractivity (Wildman–Crippen MR) is 123 cm³/mol. The minimum atomic E-state index is -0.397. The zero-order valence-electron chi connectivity index (χ0n) is 19.0. The van der Waals surface area contributed by atoms with Crippen LogP contribution in [-0.4, -0.2) is 55.0 Å². The summed E-state index contributed by atoms with van der Waals surface area (Å²) < 4.78 is 16.1. The Labute approximate surface area is 193 Å². The molecule has 0 saturated carbocycles. The number of hydrogen-bond acceptors (Lipinski definition) is 6. The SMILES string of the molecule is COC(=O)c1ccc(OCc2ccc(C(=O)N3CCN(Cc4ccccc4C)CC3)o2)cc1. The molecule has 0 spiro atoms. The highest BCUT2D eigenvalue weighted by molar-refractivity contribution is 5.91. The minimum Gasteiger partial charge on any atom is -0.486 e. The van der Waals surface area contributed by atoms with Crippen LogP contribution in [0.25, 0.3) is 0 Å². The van der Waals surface area contributed by atoms with Gasteiger partial charge >= 0.3 is 5.97 Å². The Morgan fingerprint density at radius 1 is 0.939 bits per heavy atom. The van der Waals surface area contributed by atoms with Gasteiger partial charge in [0.2, 0.25) is 0 Å². The molecule has 1 saturated heterocycles. The van der Waals surface area contributed by atoms with E-state index in [0.717, 1.165) is 19.6 Å². The fourth-order valence-electron chi connectivity index (χ4n) is 3.82. The first kappa shape index (κ1) is 22.6. The van der Waals surface area contributed by atoms with Crippen LogP contribution in [-0.2, 0) is 17.9 Å². The van der Waals surface area contributed by atoms with E-state index in [9.17, 15) is 9.59 Å². The first-order valence-electron chi connectivity index (χ1n) is 11.0. The lowest BCUT2D eigenvalue weighted by Crippen LogP contribution is -2.48. The number of rotatable bonds is 7. The highest BCUT2D eigenvalue weighted by Crippen LogP contribution is 2.18. The van der Waals surface area contributed by atoms with Gasteiger partial charge in [-0.15, -0.1) is 0 Å². The van der Waals surface area contributed by atoms with Gasteiger partial charge in [0.15, 0.2) is 5.76 Å². The van der Waals surface area contributed by atoms with Gasteiger partial charge in [0, 0.05) is 32.7 Å². The van der Waals surface area contributed by atoms with Crippen LogP contribution in [0.3, 0.4) is 0 Å². The summed E-state index contributed by atoms with van der Waals surface area (Å²) in [6.07, 6.45) is 0. The van der Waals surface area contributed by atoms with Gasteiger partial charge in [0.25, 0.3) is 5.91 Å².